The van der Waals surface area contributed by atoms with Gasteiger partial charge in [-0.05, 0) is 0 Å². The molecule has 9 heteroatoms. The lowest BCUT2D eigenvalue weighted by Gasteiger charge is -2.17. The minimum absolute atomic E-state index is 0.261. The van der Waals surface area contributed by atoms with Crippen LogP contribution in [0.5, 0.6) is 0 Å². The first kappa shape index (κ1) is 20.9. The van der Waals surface area contributed by atoms with Crippen LogP contribution in [-0.2, 0) is 18.9 Å². The minimum atomic E-state index is -3.23. The molecule has 0 fully saturated rings. The Bertz CT molecular complexity index is 204. The maximum Gasteiger partial charge on any atom is 0.337 e. The fourth-order valence-electron chi connectivity index (χ4n) is 1.41. The Kier molecular flexibility index (Phi) is 14.7. The summed E-state index contributed by atoms with van der Waals surface area (Å²) >= 11 is 0. The van der Waals surface area contributed by atoms with Crippen LogP contribution in [0.3, 0.4) is 0 Å². The summed E-state index contributed by atoms with van der Waals surface area (Å²) < 4.78 is 20.8. The molecule has 21 heavy (non-hydrogen) atoms. The molecule has 0 atom stereocenters. The van der Waals surface area contributed by atoms with Crippen molar-refractivity contribution in [1.82, 2.24) is 0 Å². The monoisotopic (exact) mass is 326 g/mol. The maximum absolute atomic E-state index is 9.83. The number of ether oxygens (including phenoxy) is 4. The first-order chi connectivity index (χ1) is 10.1. The van der Waals surface area contributed by atoms with E-state index in [1.165, 1.54) is 0 Å². The molecule has 0 radical (unpaired) electrons. The van der Waals surface area contributed by atoms with Gasteiger partial charge in [0, 0.05) is 38.4 Å². The Hall–Kier alpha value is -0.103. The van der Waals surface area contributed by atoms with Gasteiger partial charge in [-0.1, -0.05) is 0 Å². The molecule has 0 aromatic rings. The van der Waals surface area contributed by atoms with Gasteiger partial charge in [0.1, 0.15) is 0 Å². The molecular formula is C12H30N2O6Si. The Morgan fingerprint density at radius 1 is 0.571 bits per heavy atom. The van der Waals surface area contributed by atoms with E-state index >= 15 is 0 Å². The van der Waals surface area contributed by atoms with E-state index < -0.39 is 8.56 Å². The minimum Gasteiger partial charge on any atom is -0.411 e. The Morgan fingerprint density at radius 3 is 1.24 bits per heavy atom. The van der Waals surface area contributed by atoms with Gasteiger partial charge < -0.3 is 40.0 Å². The summed E-state index contributed by atoms with van der Waals surface area (Å²) in [4.78, 5) is 19.7. The van der Waals surface area contributed by atoms with Crippen molar-refractivity contribution in [3.8, 4) is 0 Å². The van der Waals surface area contributed by atoms with Crippen molar-refractivity contribution in [2.75, 3.05) is 65.9 Å². The molecule has 128 valence electrons. The molecule has 0 rings (SSSR count). The van der Waals surface area contributed by atoms with Crippen molar-refractivity contribution < 1.29 is 28.5 Å². The molecule has 6 N–H and O–H groups in total. The van der Waals surface area contributed by atoms with Gasteiger partial charge in [-0.25, -0.2) is 0 Å². The Balaban J connectivity index is 3.35. The average molecular weight is 326 g/mol. The third-order valence-electron chi connectivity index (χ3n) is 2.56. The average Bonchev–Trinajstić information content (AvgIpc) is 2.45. The summed E-state index contributed by atoms with van der Waals surface area (Å²) in [6, 6.07) is 0.522. The Labute approximate surface area is 127 Å². The molecular weight excluding hydrogens is 296 g/mol. The largest absolute Gasteiger partial charge is 0.411 e. The maximum atomic E-state index is 9.83. The molecule has 0 heterocycles. The van der Waals surface area contributed by atoms with Crippen LogP contribution >= 0.6 is 0 Å². The van der Waals surface area contributed by atoms with E-state index in [0.29, 0.717) is 65.9 Å². The molecule has 0 aliphatic heterocycles. The van der Waals surface area contributed by atoms with Gasteiger partial charge in [0.2, 0.25) is 0 Å². The van der Waals surface area contributed by atoms with Gasteiger partial charge in [-0.15, -0.1) is 0 Å². The summed E-state index contributed by atoms with van der Waals surface area (Å²) in [5.74, 6) is 0. The molecule has 0 aliphatic carbocycles. The predicted octanol–water partition coefficient (Wildman–Crippen LogP) is -1.60. The molecule has 0 amide bonds. The van der Waals surface area contributed by atoms with E-state index in [1.807, 2.05) is 0 Å². The van der Waals surface area contributed by atoms with Crippen LogP contribution in [0.15, 0.2) is 0 Å². The molecule has 0 aromatic heterocycles. The highest BCUT2D eigenvalue weighted by Gasteiger charge is 2.28. The molecule has 8 nitrogen and oxygen atoms in total. The molecule has 0 bridgehead atoms. The second-order valence-electron chi connectivity index (χ2n) is 4.51. The first-order valence-electron chi connectivity index (χ1n) is 7.28. The molecule has 0 saturated carbocycles. The second kappa shape index (κ2) is 14.8. The quantitative estimate of drug-likeness (QED) is 0.197. The van der Waals surface area contributed by atoms with Gasteiger partial charge in [0.25, 0.3) is 0 Å². The lowest BCUT2D eigenvalue weighted by Crippen LogP contribution is -2.37. The van der Waals surface area contributed by atoms with Crippen molar-refractivity contribution in [2.24, 2.45) is 11.5 Å². The van der Waals surface area contributed by atoms with Gasteiger partial charge in [0.15, 0.2) is 0 Å². The van der Waals surface area contributed by atoms with Crippen LogP contribution in [0, 0.1) is 0 Å². The van der Waals surface area contributed by atoms with Crippen LogP contribution in [0.25, 0.3) is 0 Å². The van der Waals surface area contributed by atoms with Crippen LogP contribution in [0.1, 0.15) is 0 Å². The van der Waals surface area contributed by atoms with Gasteiger partial charge in [-0.2, -0.15) is 0 Å². The highest BCUT2D eigenvalue weighted by molar-refractivity contribution is 6.64. The molecule has 0 aromatic carbocycles. The third-order valence-corrected chi connectivity index (χ3v) is 4.57. The van der Waals surface area contributed by atoms with E-state index in [0.717, 1.165) is 0 Å². The fraction of sp³-hybridized carbons (Fsp3) is 1.00. The lowest BCUT2D eigenvalue weighted by molar-refractivity contribution is 0.0503. The zero-order valence-electron chi connectivity index (χ0n) is 12.7. The van der Waals surface area contributed by atoms with E-state index in [4.69, 9.17) is 30.4 Å². The van der Waals surface area contributed by atoms with E-state index in [1.54, 1.807) is 0 Å². The lowest BCUT2D eigenvalue weighted by atomic mass is 10.7. The summed E-state index contributed by atoms with van der Waals surface area (Å²) in [6.07, 6.45) is 0. The van der Waals surface area contributed by atoms with Crippen LogP contribution in [0.4, 0.5) is 0 Å². The normalized spacial score (nSPS) is 12.0. The van der Waals surface area contributed by atoms with Gasteiger partial charge in [0.05, 0.1) is 39.6 Å². The van der Waals surface area contributed by atoms with Gasteiger partial charge >= 0.3 is 8.56 Å². The number of hydrogen-bond donors (Lipinski definition) is 4. The zero-order chi connectivity index (χ0) is 15.8. The number of rotatable bonds is 16. The number of nitrogens with two attached hydrogens (primary N) is 2. The first-order valence-corrected chi connectivity index (χ1v) is 9.59. The predicted molar refractivity (Wildman–Crippen MR) is 81.2 cm³/mol. The van der Waals surface area contributed by atoms with E-state index in [-0.39, 0.29) is 12.1 Å². The van der Waals surface area contributed by atoms with Crippen LogP contribution in [-0.4, -0.2) is 84.1 Å². The van der Waals surface area contributed by atoms with E-state index in [2.05, 4.69) is 0 Å². The zero-order valence-corrected chi connectivity index (χ0v) is 13.7. The standard InChI is InChI=1S/C12H30N2O6Si/c13-1-3-17-5-7-19-9-11-21(15,16)12-10-20-8-6-18-4-2-14/h15-16H,1-14H2. The van der Waals surface area contributed by atoms with Crippen molar-refractivity contribution in [1.29, 1.82) is 0 Å². The highest BCUT2D eigenvalue weighted by Crippen LogP contribution is 2.08. The molecule has 0 unspecified atom stereocenters. The molecule has 0 spiro atoms. The second-order valence-corrected chi connectivity index (χ2v) is 7.47. The summed E-state index contributed by atoms with van der Waals surface area (Å²) in [6.45, 7) is 4.40. The van der Waals surface area contributed by atoms with Gasteiger partial charge in [-0.3, -0.25) is 0 Å². The van der Waals surface area contributed by atoms with Crippen molar-refractivity contribution in [2.45, 2.75) is 12.1 Å². The van der Waals surface area contributed by atoms with Crippen molar-refractivity contribution >= 4 is 8.56 Å². The van der Waals surface area contributed by atoms with Crippen molar-refractivity contribution in [3.63, 3.8) is 0 Å². The van der Waals surface area contributed by atoms with E-state index in [9.17, 15) is 9.59 Å². The number of hydrogen-bond acceptors (Lipinski definition) is 8. The smallest absolute Gasteiger partial charge is 0.337 e. The Morgan fingerprint density at radius 2 is 0.905 bits per heavy atom. The highest BCUT2D eigenvalue weighted by atomic mass is 28.4. The topological polar surface area (TPSA) is 129 Å². The summed E-state index contributed by atoms with van der Waals surface area (Å²) in [7, 11) is -3.23. The van der Waals surface area contributed by atoms with Crippen LogP contribution < -0.4 is 11.5 Å². The fourth-order valence-corrected chi connectivity index (χ4v) is 2.60. The summed E-state index contributed by atoms with van der Waals surface area (Å²) in [5.41, 5.74) is 10.5. The summed E-state index contributed by atoms with van der Waals surface area (Å²) in [5, 5.41) is 0. The molecule has 0 aliphatic rings. The van der Waals surface area contributed by atoms with Crippen molar-refractivity contribution in [3.05, 3.63) is 0 Å². The van der Waals surface area contributed by atoms with Crippen LogP contribution in [0.2, 0.25) is 12.1 Å². The third kappa shape index (κ3) is 16.1. The molecule has 0 saturated heterocycles. The SMILES string of the molecule is NCCOCCOCC[Si](O)(O)CCOCCOCCN.